The average molecular weight is 286 g/mol. The zero-order valence-electron chi connectivity index (χ0n) is 8.06. The minimum atomic E-state index is 0.827. The Morgan fingerprint density at radius 3 is 3.13 bits per heavy atom. The molecule has 0 unspecified atom stereocenters. The molecule has 78 valence electrons. The number of halogens is 2. The molecule has 1 aliphatic heterocycles. The van der Waals surface area contributed by atoms with Crippen molar-refractivity contribution < 1.29 is 0 Å². The van der Waals surface area contributed by atoms with Crippen LogP contribution in [0.15, 0.2) is 22.7 Å². The van der Waals surface area contributed by atoms with Crippen molar-refractivity contribution in [2.24, 2.45) is 0 Å². The molecule has 0 amide bonds. The highest BCUT2D eigenvalue weighted by molar-refractivity contribution is 9.10. The van der Waals surface area contributed by atoms with Gasteiger partial charge in [-0.05, 0) is 39.3 Å². The van der Waals surface area contributed by atoms with E-state index in [0.29, 0.717) is 0 Å². The maximum atomic E-state index is 6.05. The molecule has 0 bridgehead atoms. The van der Waals surface area contributed by atoms with Crippen LogP contribution in [0, 0.1) is 0 Å². The molecule has 0 saturated carbocycles. The number of nitrogens with zero attached hydrogens (tertiary/aromatic N) is 1. The van der Waals surface area contributed by atoms with E-state index in [4.69, 9.17) is 11.8 Å². The highest BCUT2D eigenvalue weighted by Crippen LogP contribution is 2.31. The first kappa shape index (κ1) is 9.70. The Hall–Kier alpha value is -0.510. The minimum Gasteiger partial charge on any atom is -0.357 e. The van der Waals surface area contributed by atoms with Gasteiger partial charge in [0.25, 0.3) is 0 Å². The first-order chi connectivity index (χ1) is 7.25. The summed E-state index contributed by atoms with van der Waals surface area (Å²) in [4.78, 5) is 3.47. The number of fused-ring (bicyclic) bond motifs is 3. The third-order valence-electron chi connectivity index (χ3n) is 2.91. The molecule has 1 aromatic heterocycles. The number of H-pyrrole nitrogens is 1. The molecule has 0 radical (unpaired) electrons. The van der Waals surface area contributed by atoms with Gasteiger partial charge in [-0.15, -0.1) is 0 Å². The van der Waals surface area contributed by atoms with Crippen LogP contribution in [0.2, 0.25) is 0 Å². The van der Waals surface area contributed by atoms with Crippen molar-refractivity contribution in [2.45, 2.75) is 13.0 Å². The van der Waals surface area contributed by atoms with Gasteiger partial charge in [0, 0.05) is 35.1 Å². The molecule has 0 saturated heterocycles. The zero-order chi connectivity index (χ0) is 10.4. The molecule has 2 nitrogen and oxygen atoms in total. The Kier molecular flexibility index (Phi) is 2.27. The van der Waals surface area contributed by atoms with Gasteiger partial charge in [0.15, 0.2) is 0 Å². The predicted molar refractivity (Wildman–Crippen MR) is 66.0 cm³/mol. The lowest BCUT2D eigenvalue weighted by Gasteiger charge is -2.19. The highest BCUT2D eigenvalue weighted by Gasteiger charge is 2.19. The third-order valence-corrected chi connectivity index (χ3v) is 3.86. The number of para-hydroxylation sites is 1. The molecule has 15 heavy (non-hydrogen) atoms. The second-order valence-corrected chi connectivity index (χ2v) is 5.17. The fourth-order valence-electron chi connectivity index (χ4n) is 2.17. The van der Waals surface area contributed by atoms with Crippen molar-refractivity contribution >= 4 is 38.6 Å². The van der Waals surface area contributed by atoms with E-state index >= 15 is 0 Å². The summed E-state index contributed by atoms with van der Waals surface area (Å²) in [6.07, 6.45) is 1.000. The topological polar surface area (TPSA) is 19.0 Å². The number of benzene rings is 1. The minimum absolute atomic E-state index is 0.827. The van der Waals surface area contributed by atoms with Gasteiger partial charge in [-0.2, -0.15) is 0 Å². The quantitative estimate of drug-likeness (QED) is 0.735. The van der Waals surface area contributed by atoms with Crippen molar-refractivity contribution in [3.05, 3.63) is 33.9 Å². The molecule has 2 heterocycles. The van der Waals surface area contributed by atoms with Crippen molar-refractivity contribution in [3.8, 4) is 0 Å². The van der Waals surface area contributed by atoms with Crippen molar-refractivity contribution in [1.29, 1.82) is 0 Å². The summed E-state index contributed by atoms with van der Waals surface area (Å²) in [7, 11) is 0. The van der Waals surface area contributed by atoms with E-state index in [1.54, 1.807) is 0 Å². The van der Waals surface area contributed by atoms with Crippen LogP contribution >= 0.6 is 27.7 Å². The number of rotatable bonds is 0. The molecular formula is C11H10BrClN2. The lowest BCUT2D eigenvalue weighted by atomic mass is 10.1. The van der Waals surface area contributed by atoms with E-state index < -0.39 is 0 Å². The number of aromatic amines is 1. The van der Waals surface area contributed by atoms with Crippen LogP contribution in [0.25, 0.3) is 10.9 Å². The van der Waals surface area contributed by atoms with E-state index in [0.717, 1.165) is 24.0 Å². The monoisotopic (exact) mass is 284 g/mol. The molecule has 0 atom stereocenters. The standard InChI is InChI=1S/C11H10BrClN2/c12-9-3-1-2-7-8-6-15(13)5-4-10(8)14-11(7)9/h1-3,14H,4-6H2. The number of aromatic nitrogens is 1. The highest BCUT2D eigenvalue weighted by atomic mass is 79.9. The van der Waals surface area contributed by atoms with E-state index in [2.05, 4.69) is 39.1 Å². The van der Waals surface area contributed by atoms with Gasteiger partial charge < -0.3 is 4.98 Å². The molecule has 0 aliphatic carbocycles. The van der Waals surface area contributed by atoms with Crippen LogP contribution < -0.4 is 0 Å². The molecule has 4 heteroatoms. The van der Waals surface area contributed by atoms with Crippen molar-refractivity contribution in [2.75, 3.05) is 6.54 Å². The second-order valence-electron chi connectivity index (χ2n) is 3.84. The Morgan fingerprint density at radius 1 is 1.40 bits per heavy atom. The normalized spacial score (nSPS) is 16.9. The fraction of sp³-hybridized carbons (Fsp3) is 0.273. The van der Waals surface area contributed by atoms with Gasteiger partial charge in [-0.25, -0.2) is 4.42 Å². The lowest BCUT2D eigenvalue weighted by Crippen LogP contribution is -2.21. The van der Waals surface area contributed by atoms with Crippen LogP contribution in [0.4, 0.5) is 0 Å². The van der Waals surface area contributed by atoms with Gasteiger partial charge >= 0.3 is 0 Å². The number of hydrogen-bond acceptors (Lipinski definition) is 1. The van der Waals surface area contributed by atoms with Crippen LogP contribution in [0.5, 0.6) is 0 Å². The summed E-state index contributed by atoms with van der Waals surface area (Å²) in [5, 5.41) is 1.28. The molecule has 1 N–H and O–H groups in total. The summed E-state index contributed by atoms with van der Waals surface area (Å²) < 4.78 is 2.96. The van der Waals surface area contributed by atoms with Gasteiger partial charge in [0.2, 0.25) is 0 Å². The molecule has 1 aromatic carbocycles. The van der Waals surface area contributed by atoms with Gasteiger partial charge in [0.05, 0.1) is 5.52 Å². The fourth-order valence-corrected chi connectivity index (χ4v) is 2.84. The first-order valence-corrected chi connectivity index (χ1v) is 6.07. The number of nitrogens with one attached hydrogen (secondary N) is 1. The molecule has 0 spiro atoms. The summed E-state index contributed by atoms with van der Waals surface area (Å²) in [5.74, 6) is 0. The Bertz CT molecular complexity index is 521. The van der Waals surface area contributed by atoms with E-state index in [9.17, 15) is 0 Å². The average Bonchev–Trinajstić information content (AvgIpc) is 2.58. The van der Waals surface area contributed by atoms with Gasteiger partial charge in [0.1, 0.15) is 0 Å². The molecule has 1 aliphatic rings. The summed E-state index contributed by atoms with van der Waals surface area (Å²) in [6.45, 7) is 1.74. The lowest BCUT2D eigenvalue weighted by molar-refractivity contribution is 0.428. The molecule has 3 rings (SSSR count). The Labute approximate surface area is 101 Å². The third kappa shape index (κ3) is 1.50. The largest absolute Gasteiger partial charge is 0.357 e. The summed E-state index contributed by atoms with van der Waals surface area (Å²) >= 11 is 9.61. The second kappa shape index (κ2) is 3.51. The molecular weight excluding hydrogens is 275 g/mol. The van der Waals surface area contributed by atoms with Gasteiger partial charge in [-0.1, -0.05) is 12.1 Å². The maximum absolute atomic E-state index is 6.05. The Morgan fingerprint density at radius 2 is 2.27 bits per heavy atom. The van der Waals surface area contributed by atoms with E-state index in [1.165, 1.54) is 22.2 Å². The molecule has 0 fully saturated rings. The van der Waals surface area contributed by atoms with E-state index in [-0.39, 0.29) is 0 Å². The number of hydrogen-bond donors (Lipinski definition) is 1. The van der Waals surface area contributed by atoms with E-state index in [1.807, 2.05) is 4.42 Å². The van der Waals surface area contributed by atoms with Crippen LogP contribution in [-0.2, 0) is 13.0 Å². The predicted octanol–water partition coefficient (Wildman–Crippen LogP) is 3.44. The first-order valence-electron chi connectivity index (χ1n) is 4.94. The summed E-state index contributed by atoms with van der Waals surface area (Å²) in [6, 6.07) is 6.27. The molecule has 2 aromatic rings. The SMILES string of the molecule is ClN1CCc2[nH]c3c(Br)cccc3c2C1. The maximum Gasteiger partial charge on any atom is 0.0603 e. The van der Waals surface area contributed by atoms with Crippen LogP contribution in [0.1, 0.15) is 11.3 Å². The summed E-state index contributed by atoms with van der Waals surface area (Å²) in [5.41, 5.74) is 3.86. The Balaban J connectivity index is 2.29. The van der Waals surface area contributed by atoms with Crippen molar-refractivity contribution in [3.63, 3.8) is 0 Å². The van der Waals surface area contributed by atoms with Crippen LogP contribution in [0.3, 0.4) is 0 Å². The van der Waals surface area contributed by atoms with Crippen molar-refractivity contribution in [1.82, 2.24) is 9.40 Å². The zero-order valence-corrected chi connectivity index (χ0v) is 10.4. The van der Waals surface area contributed by atoms with Gasteiger partial charge in [-0.3, -0.25) is 0 Å². The van der Waals surface area contributed by atoms with Crippen LogP contribution in [-0.4, -0.2) is 15.9 Å². The smallest absolute Gasteiger partial charge is 0.0603 e.